The first-order chi connectivity index (χ1) is 7.73. The van der Waals surface area contributed by atoms with Crippen LogP contribution in [0.5, 0.6) is 0 Å². The molecule has 1 rings (SSSR count). The lowest BCUT2D eigenvalue weighted by Gasteiger charge is -2.20. The molecule has 1 aromatic carbocycles. The molecule has 104 valence electrons. The molecule has 0 spiro atoms. The van der Waals surface area contributed by atoms with Gasteiger partial charge in [0.1, 0.15) is 6.04 Å². The normalized spacial score (nSPS) is 14.8. The number of hydrogen-bond acceptors (Lipinski definition) is 2. The van der Waals surface area contributed by atoms with Crippen molar-refractivity contribution in [1.82, 2.24) is 0 Å². The van der Waals surface area contributed by atoms with Crippen molar-refractivity contribution in [1.29, 1.82) is 0 Å². The summed E-state index contributed by atoms with van der Waals surface area (Å²) >= 11 is 11.5. The van der Waals surface area contributed by atoms with Crippen LogP contribution in [0, 0.1) is 0 Å². The lowest BCUT2D eigenvalue weighted by molar-refractivity contribution is -0.153. The van der Waals surface area contributed by atoms with E-state index in [1.807, 2.05) is 0 Å². The van der Waals surface area contributed by atoms with Crippen molar-refractivity contribution in [2.24, 2.45) is 5.73 Å². The van der Waals surface area contributed by atoms with Crippen LogP contribution in [0.25, 0.3) is 0 Å². The molecule has 0 aromatic heterocycles. The minimum absolute atomic E-state index is 0. The molecular formula is C10H11Cl3F3NO. The number of alkyl halides is 3. The number of hydrogen-bond donors (Lipinski definition) is 2. The molecule has 0 radical (unpaired) electrons. The summed E-state index contributed by atoms with van der Waals surface area (Å²) in [5.41, 5.74) is 4.98. The van der Waals surface area contributed by atoms with Crippen LogP contribution >= 0.6 is 35.6 Å². The Labute approximate surface area is 118 Å². The summed E-state index contributed by atoms with van der Waals surface area (Å²) in [5.74, 6) is 0. The van der Waals surface area contributed by atoms with Crippen molar-refractivity contribution in [3.05, 3.63) is 33.8 Å². The Hall–Kier alpha value is -0.200. The van der Waals surface area contributed by atoms with Gasteiger partial charge in [-0.3, -0.25) is 0 Å². The summed E-state index contributed by atoms with van der Waals surface area (Å²) in [6.45, 7) is 0. The predicted molar refractivity (Wildman–Crippen MR) is 67.3 cm³/mol. The summed E-state index contributed by atoms with van der Waals surface area (Å²) in [6.07, 6.45) is -6.70. The van der Waals surface area contributed by atoms with Gasteiger partial charge in [-0.15, -0.1) is 12.4 Å². The number of aliphatic hydroxyl groups excluding tert-OH is 1. The molecule has 18 heavy (non-hydrogen) atoms. The maximum atomic E-state index is 12.2. The van der Waals surface area contributed by atoms with Crippen LogP contribution in [0.15, 0.2) is 18.2 Å². The van der Waals surface area contributed by atoms with Gasteiger partial charge in [0.25, 0.3) is 0 Å². The van der Waals surface area contributed by atoms with Crippen LogP contribution in [0.1, 0.15) is 18.1 Å². The van der Waals surface area contributed by atoms with E-state index in [-0.39, 0.29) is 28.0 Å². The lowest BCUT2D eigenvalue weighted by Crippen LogP contribution is -2.38. The largest absolute Gasteiger partial charge is 0.403 e. The Morgan fingerprint density at radius 2 is 1.67 bits per heavy atom. The molecule has 0 heterocycles. The summed E-state index contributed by atoms with van der Waals surface area (Å²) in [5, 5.41) is 9.89. The Kier molecular flexibility index (Phi) is 6.74. The Morgan fingerprint density at radius 3 is 2.06 bits per heavy atom. The quantitative estimate of drug-likeness (QED) is 0.890. The summed E-state index contributed by atoms with van der Waals surface area (Å²) in [4.78, 5) is 0. The molecule has 0 aliphatic carbocycles. The molecular weight excluding hydrogens is 313 g/mol. The summed E-state index contributed by atoms with van der Waals surface area (Å²) in [6, 6.07) is 2.28. The van der Waals surface area contributed by atoms with Gasteiger partial charge < -0.3 is 10.8 Å². The van der Waals surface area contributed by atoms with Crippen molar-refractivity contribution in [3.8, 4) is 0 Å². The Morgan fingerprint density at radius 1 is 1.22 bits per heavy atom. The SMILES string of the molecule is Cl.N[C@H](C[C@H](O)c1c(Cl)cccc1Cl)C(F)(F)F. The van der Waals surface area contributed by atoms with E-state index in [1.165, 1.54) is 18.2 Å². The number of rotatable bonds is 3. The standard InChI is InChI=1S/C10H10Cl2F3NO.ClH/c11-5-2-1-3-6(12)9(5)7(17)4-8(16)10(13,14)15;/h1-3,7-8,17H,4,16H2;1H/t7-,8+;/m0./s1. The highest BCUT2D eigenvalue weighted by molar-refractivity contribution is 6.36. The molecule has 0 saturated carbocycles. The zero-order chi connectivity index (χ0) is 13.2. The molecule has 0 bridgehead atoms. The molecule has 3 N–H and O–H groups in total. The van der Waals surface area contributed by atoms with E-state index in [2.05, 4.69) is 0 Å². The molecule has 1 aromatic rings. The molecule has 8 heteroatoms. The van der Waals surface area contributed by atoms with Crippen molar-refractivity contribution in [3.63, 3.8) is 0 Å². The zero-order valence-electron chi connectivity index (χ0n) is 8.92. The van der Waals surface area contributed by atoms with Gasteiger partial charge in [0.2, 0.25) is 0 Å². The van der Waals surface area contributed by atoms with Crippen LogP contribution in [-0.2, 0) is 0 Å². The zero-order valence-corrected chi connectivity index (χ0v) is 11.2. The van der Waals surface area contributed by atoms with Crippen LogP contribution in [-0.4, -0.2) is 17.3 Å². The van der Waals surface area contributed by atoms with E-state index < -0.39 is 24.7 Å². The second-order valence-corrected chi connectivity index (χ2v) is 4.35. The van der Waals surface area contributed by atoms with Gasteiger partial charge in [0.05, 0.1) is 6.10 Å². The van der Waals surface area contributed by atoms with Crippen molar-refractivity contribution in [2.75, 3.05) is 0 Å². The highest BCUT2D eigenvalue weighted by Crippen LogP contribution is 2.34. The predicted octanol–water partition coefficient (Wildman–Crippen LogP) is 3.73. The first-order valence-electron chi connectivity index (χ1n) is 4.67. The van der Waals surface area contributed by atoms with Gasteiger partial charge in [0, 0.05) is 22.0 Å². The second kappa shape index (κ2) is 6.82. The fourth-order valence-corrected chi connectivity index (χ4v) is 1.97. The maximum Gasteiger partial charge on any atom is 0.403 e. The number of halogens is 6. The van der Waals surface area contributed by atoms with E-state index in [9.17, 15) is 18.3 Å². The minimum atomic E-state index is -4.56. The van der Waals surface area contributed by atoms with Gasteiger partial charge >= 0.3 is 6.18 Å². The molecule has 0 unspecified atom stereocenters. The van der Waals surface area contributed by atoms with E-state index in [0.29, 0.717) is 0 Å². The van der Waals surface area contributed by atoms with Gasteiger partial charge in [-0.25, -0.2) is 0 Å². The van der Waals surface area contributed by atoms with Crippen molar-refractivity contribution in [2.45, 2.75) is 24.7 Å². The molecule has 0 fully saturated rings. The first-order valence-corrected chi connectivity index (χ1v) is 5.43. The van der Waals surface area contributed by atoms with E-state index >= 15 is 0 Å². The average Bonchev–Trinajstić information content (AvgIpc) is 2.15. The van der Waals surface area contributed by atoms with Crippen molar-refractivity contribution < 1.29 is 18.3 Å². The van der Waals surface area contributed by atoms with Crippen LogP contribution in [0.2, 0.25) is 10.0 Å². The lowest BCUT2D eigenvalue weighted by atomic mass is 10.0. The molecule has 0 saturated heterocycles. The Balaban J connectivity index is 0.00000289. The molecule has 0 amide bonds. The summed E-state index contributed by atoms with van der Waals surface area (Å²) < 4.78 is 36.7. The van der Waals surface area contributed by atoms with Crippen LogP contribution < -0.4 is 5.73 Å². The number of nitrogens with two attached hydrogens (primary N) is 1. The topological polar surface area (TPSA) is 46.2 Å². The van der Waals surface area contributed by atoms with Gasteiger partial charge in [-0.1, -0.05) is 29.3 Å². The van der Waals surface area contributed by atoms with Gasteiger partial charge in [0.15, 0.2) is 0 Å². The third-order valence-electron chi connectivity index (χ3n) is 2.23. The highest BCUT2D eigenvalue weighted by Gasteiger charge is 2.38. The maximum absolute atomic E-state index is 12.2. The summed E-state index contributed by atoms with van der Waals surface area (Å²) in [7, 11) is 0. The third-order valence-corrected chi connectivity index (χ3v) is 2.89. The van der Waals surface area contributed by atoms with Crippen molar-refractivity contribution >= 4 is 35.6 Å². The Bertz CT molecular complexity index is 380. The number of aliphatic hydroxyl groups is 1. The monoisotopic (exact) mass is 323 g/mol. The smallest absolute Gasteiger partial charge is 0.388 e. The van der Waals surface area contributed by atoms with E-state index in [4.69, 9.17) is 28.9 Å². The molecule has 2 atom stereocenters. The first kappa shape index (κ1) is 17.8. The van der Waals surface area contributed by atoms with E-state index in [1.54, 1.807) is 0 Å². The molecule has 0 aliphatic heterocycles. The minimum Gasteiger partial charge on any atom is -0.388 e. The van der Waals surface area contributed by atoms with Crippen LogP contribution in [0.4, 0.5) is 13.2 Å². The third kappa shape index (κ3) is 4.48. The van der Waals surface area contributed by atoms with E-state index in [0.717, 1.165) is 0 Å². The average molecular weight is 325 g/mol. The molecule has 0 aliphatic rings. The number of benzene rings is 1. The fraction of sp³-hybridized carbons (Fsp3) is 0.400. The molecule has 2 nitrogen and oxygen atoms in total. The fourth-order valence-electron chi connectivity index (χ4n) is 1.32. The second-order valence-electron chi connectivity index (χ2n) is 3.53. The van der Waals surface area contributed by atoms with Crippen LogP contribution in [0.3, 0.4) is 0 Å². The van der Waals surface area contributed by atoms with Gasteiger partial charge in [-0.05, 0) is 12.1 Å². The highest BCUT2D eigenvalue weighted by atomic mass is 35.5. The van der Waals surface area contributed by atoms with Gasteiger partial charge in [-0.2, -0.15) is 13.2 Å².